The summed E-state index contributed by atoms with van der Waals surface area (Å²) in [4.78, 5) is 0. The fourth-order valence-electron chi connectivity index (χ4n) is 1.94. The SMILES string of the molecule is N#CCc1ccc(C(F)(F)F)c(-c2ccccc2F)c1. The highest BCUT2D eigenvalue weighted by Crippen LogP contribution is 2.38. The highest BCUT2D eigenvalue weighted by molar-refractivity contribution is 5.69. The minimum Gasteiger partial charge on any atom is -0.206 e. The van der Waals surface area contributed by atoms with Gasteiger partial charge in [-0.25, -0.2) is 4.39 Å². The summed E-state index contributed by atoms with van der Waals surface area (Å²) in [7, 11) is 0. The van der Waals surface area contributed by atoms with Gasteiger partial charge in [-0.1, -0.05) is 24.3 Å². The zero-order valence-corrected chi connectivity index (χ0v) is 10.2. The van der Waals surface area contributed by atoms with Gasteiger partial charge < -0.3 is 0 Å². The number of halogens is 4. The second-order valence-corrected chi connectivity index (χ2v) is 4.19. The van der Waals surface area contributed by atoms with E-state index in [0.29, 0.717) is 5.56 Å². The van der Waals surface area contributed by atoms with Crippen LogP contribution in [0.3, 0.4) is 0 Å². The van der Waals surface area contributed by atoms with E-state index in [2.05, 4.69) is 0 Å². The summed E-state index contributed by atoms with van der Waals surface area (Å²) in [6.45, 7) is 0. The van der Waals surface area contributed by atoms with Crippen molar-refractivity contribution in [3.8, 4) is 17.2 Å². The Kier molecular flexibility index (Phi) is 3.75. The van der Waals surface area contributed by atoms with E-state index >= 15 is 0 Å². The molecule has 0 saturated carbocycles. The van der Waals surface area contributed by atoms with Crippen LogP contribution in [-0.4, -0.2) is 0 Å². The lowest BCUT2D eigenvalue weighted by Crippen LogP contribution is -2.08. The van der Waals surface area contributed by atoms with Crippen molar-refractivity contribution in [1.82, 2.24) is 0 Å². The van der Waals surface area contributed by atoms with Crippen LogP contribution in [0.1, 0.15) is 11.1 Å². The van der Waals surface area contributed by atoms with Gasteiger partial charge in [0.05, 0.1) is 18.1 Å². The van der Waals surface area contributed by atoms with Crippen molar-refractivity contribution in [2.75, 3.05) is 0 Å². The zero-order valence-electron chi connectivity index (χ0n) is 10.2. The molecule has 20 heavy (non-hydrogen) atoms. The predicted octanol–water partition coefficient (Wildman–Crippen LogP) is 4.58. The minimum atomic E-state index is -4.58. The molecule has 0 unspecified atom stereocenters. The van der Waals surface area contributed by atoms with Crippen molar-refractivity contribution in [3.63, 3.8) is 0 Å². The van der Waals surface area contributed by atoms with Crippen LogP contribution in [0.2, 0.25) is 0 Å². The minimum absolute atomic E-state index is 0.0282. The molecule has 2 aromatic carbocycles. The quantitative estimate of drug-likeness (QED) is 0.738. The van der Waals surface area contributed by atoms with E-state index in [9.17, 15) is 17.6 Å². The second-order valence-electron chi connectivity index (χ2n) is 4.19. The van der Waals surface area contributed by atoms with E-state index in [1.54, 1.807) is 0 Å². The van der Waals surface area contributed by atoms with Gasteiger partial charge in [-0.15, -0.1) is 0 Å². The Hall–Kier alpha value is -2.35. The number of benzene rings is 2. The number of alkyl halides is 3. The van der Waals surface area contributed by atoms with E-state index in [-0.39, 0.29) is 17.5 Å². The fourth-order valence-corrected chi connectivity index (χ4v) is 1.94. The molecule has 1 nitrogen and oxygen atoms in total. The Morgan fingerprint density at radius 1 is 1.00 bits per heavy atom. The molecule has 2 rings (SSSR count). The van der Waals surface area contributed by atoms with Gasteiger partial charge >= 0.3 is 6.18 Å². The van der Waals surface area contributed by atoms with Crippen LogP contribution >= 0.6 is 0 Å². The fraction of sp³-hybridized carbons (Fsp3) is 0.133. The third-order valence-corrected chi connectivity index (χ3v) is 2.84. The van der Waals surface area contributed by atoms with E-state index < -0.39 is 17.6 Å². The van der Waals surface area contributed by atoms with Crippen molar-refractivity contribution < 1.29 is 17.6 Å². The van der Waals surface area contributed by atoms with Crippen molar-refractivity contribution in [2.45, 2.75) is 12.6 Å². The van der Waals surface area contributed by atoms with Gasteiger partial charge in [0.2, 0.25) is 0 Å². The molecule has 0 saturated heterocycles. The Balaban J connectivity index is 2.68. The molecule has 0 aliphatic rings. The van der Waals surface area contributed by atoms with Crippen molar-refractivity contribution in [2.24, 2.45) is 0 Å². The predicted molar refractivity (Wildman–Crippen MR) is 66.2 cm³/mol. The van der Waals surface area contributed by atoms with Gasteiger partial charge in [-0.3, -0.25) is 0 Å². The highest BCUT2D eigenvalue weighted by atomic mass is 19.4. The largest absolute Gasteiger partial charge is 0.417 e. The molecule has 0 bridgehead atoms. The number of rotatable bonds is 2. The maximum Gasteiger partial charge on any atom is 0.417 e. The molecule has 0 radical (unpaired) electrons. The topological polar surface area (TPSA) is 23.8 Å². The number of nitriles is 1. The van der Waals surface area contributed by atoms with Crippen LogP contribution < -0.4 is 0 Å². The van der Waals surface area contributed by atoms with Crippen LogP contribution in [0.15, 0.2) is 42.5 Å². The monoisotopic (exact) mass is 279 g/mol. The maximum atomic E-state index is 13.7. The van der Waals surface area contributed by atoms with Gasteiger partial charge in [0, 0.05) is 5.56 Å². The molecule has 0 spiro atoms. The van der Waals surface area contributed by atoms with Gasteiger partial charge in [0.25, 0.3) is 0 Å². The van der Waals surface area contributed by atoms with Gasteiger partial charge in [0.15, 0.2) is 0 Å². The first kappa shape index (κ1) is 14.1. The van der Waals surface area contributed by atoms with Gasteiger partial charge in [-0.05, 0) is 29.3 Å². The van der Waals surface area contributed by atoms with E-state index in [1.807, 2.05) is 6.07 Å². The molecule has 102 valence electrons. The van der Waals surface area contributed by atoms with E-state index in [0.717, 1.165) is 12.1 Å². The summed E-state index contributed by atoms with van der Waals surface area (Å²) in [5, 5.41) is 8.62. The first-order chi connectivity index (χ1) is 9.43. The normalized spacial score (nSPS) is 11.2. The lowest BCUT2D eigenvalue weighted by molar-refractivity contribution is -0.137. The average molecular weight is 279 g/mol. The number of hydrogen-bond acceptors (Lipinski definition) is 1. The summed E-state index contributed by atoms with van der Waals surface area (Å²) in [6.07, 6.45) is -4.61. The molecule has 2 aromatic rings. The lowest BCUT2D eigenvalue weighted by atomic mass is 9.95. The molecule has 0 aliphatic carbocycles. The van der Waals surface area contributed by atoms with Crippen molar-refractivity contribution >= 4 is 0 Å². The number of hydrogen-bond donors (Lipinski definition) is 0. The van der Waals surface area contributed by atoms with Gasteiger partial charge in [0.1, 0.15) is 5.82 Å². The molecule has 0 fully saturated rings. The molecule has 0 aliphatic heterocycles. The maximum absolute atomic E-state index is 13.7. The Bertz CT molecular complexity index is 668. The molecular formula is C15H9F4N. The van der Waals surface area contributed by atoms with E-state index in [1.165, 1.54) is 30.3 Å². The Labute approximate surface area is 113 Å². The molecule has 5 heteroatoms. The molecule has 0 aromatic heterocycles. The summed E-state index contributed by atoms with van der Waals surface area (Å²) >= 11 is 0. The van der Waals surface area contributed by atoms with Gasteiger partial charge in [-0.2, -0.15) is 18.4 Å². The summed E-state index contributed by atoms with van der Waals surface area (Å²) in [5.41, 5.74) is -0.869. The first-order valence-electron chi connectivity index (χ1n) is 5.75. The van der Waals surface area contributed by atoms with Crippen LogP contribution in [0.4, 0.5) is 17.6 Å². The Morgan fingerprint density at radius 2 is 1.70 bits per heavy atom. The Morgan fingerprint density at radius 3 is 2.30 bits per heavy atom. The third kappa shape index (κ3) is 2.80. The smallest absolute Gasteiger partial charge is 0.206 e. The average Bonchev–Trinajstić information content (AvgIpc) is 2.38. The zero-order chi connectivity index (χ0) is 14.8. The molecule has 0 N–H and O–H groups in total. The van der Waals surface area contributed by atoms with Crippen LogP contribution in [-0.2, 0) is 12.6 Å². The second kappa shape index (κ2) is 5.33. The number of nitrogens with zero attached hydrogens (tertiary/aromatic N) is 1. The molecule has 0 amide bonds. The van der Waals surface area contributed by atoms with Crippen LogP contribution in [0.5, 0.6) is 0 Å². The summed E-state index contributed by atoms with van der Waals surface area (Å²) in [5.74, 6) is -0.730. The molecule has 0 heterocycles. The van der Waals surface area contributed by atoms with Crippen LogP contribution in [0.25, 0.3) is 11.1 Å². The third-order valence-electron chi connectivity index (χ3n) is 2.84. The molecular weight excluding hydrogens is 270 g/mol. The van der Waals surface area contributed by atoms with Crippen molar-refractivity contribution in [1.29, 1.82) is 5.26 Å². The summed E-state index contributed by atoms with van der Waals surface area (Å²) in [6, 6.07) is 10.5. The lowest BCUT2D eigenvalue weighted by Gasteiger charge is -2.14. The van der Waals surface area contributed by atoms with Crippen LogP contribution in [0, 0.1) is 17.1 Å². The highest BCUT2D eigenvalue weighted by Gasteiger charge is 2.34. The first-order valence-corrected chi connectivity index (χ1v) is 5.75. The van der Waals surface area contributed by atoms with E-state index in [4.69, 9.17) is 5.26 Å². The summed E-state index contributed by atoms with van der Waals surface area (Å²) < 4.78 is 52.7. The molecule has 0 atom stereocenters. The van der Waals surface area contributed by atoms with Crippen molar-refractivity contribution in [3.05, 3.63) is 59.4 Å². The standard InChI is InChI=1S/C15H9F4N/c16-14-4-2-1-3-11(14)12-9-10(7-8-20)5-6-13(12)15(17,18)19/h1-6,9H,7H2.